The average Bonchev–Trinajstić information content (AvgIpc) is 2.23. The molecule has 0 fully saturated rings. The molecule has 1 atom stereocenters. The van der Waals surface area contributed by atoms with Gasteiger partial charge in [-0.05, 0) is 37.3 Å². The molecule has 0 spiro atoms. The summed E-state index contributed by atoms with van der Waals surface area (Å²) in [4.78, 5) is 0.298. The summed E-state index contributed by atoms with van der Waals surface area (Å²) in [6.07, 6.45) is 1.18. The van der Waals surface area contributed by atoms with Crippen molar-refractivity contribution in [1.82, 2.24) is 0 Å². The summed E-state index contributed by atoms with van der Waals surface area (Å²) in [5.41, 5.74) is 0.720. The molecule has 0 heterocycles. The maximum atomic E-state index is 13.7. The van der Waals surface area contributed by atoms with Gasteiger partial charge < -0.3 is 0 Å². The third-order valence-corrected chi connectivity index (χ3v) is 4.29. The van der Waals surface area contributed by atoms with Crippen LogP contribution in [0.15, 0.2) is 12.1 Å². The fourth-order valence-electron chi connectivity index (χ4n) is 1.56. The highest BCUT2D eigenvalue weighted by Crippen LogP contribution is 2.22. The summed E-state index contributed by atoms with van der Waals surface area (Å²) >= 11 is 3.52. The summed E-state index contributed by atoms with van der Waals surface area (Å²) in [6, 6.07) is 2.81. The van der Waals surface area contributed by atoms with Crippen molar-refractivity contribution in [2.75, 3.05) is 0 Å². The van der Waals surface area contributed by atoms with Crippen LogP contribution < -0.4 is 0 Å². The summed E-state index contributed by atoms with van der Waals surface area (Å²) in [6.45, 7) is 5.83. The molecule has 0 aromatic heterocycles. The zero-order chi connectivity index (χ0) is 12.3. The van der Waals surface area contributed by atoms with Crippen LogP contribution in [0.1, 0.15) is 31.4 Å². The predicted molar refractivity (Wildman–Crippen MR) is 67.0 cm³/mol. The number of aryl methyl sites for hydroxylation is 1. The molecule has 0 radical (unpaired) electrons. The smallest absolute Gasteiger partial charge is 0.132 e. The topological polar surface area (TPSA) is 0 Å². The molecule has 0 saturated carbocycles. The van der Waals surface area contributed by atoms with Gasteiger partial charge in [-0.1, -0.05) is 35.8 Å². The fraction of sp³-hybridized carbons (Fsp3) is 0.538. The predicted octanol–water partition coefficient (Wildman–Crippen LogP) is 4.63. The van der Waals surface area contributed by atoms with Gasteiger partial charge in [-0.25, -0.2) is 8.78 Å². The van der Waals surface area contributed by atoms with Crippen LogP contribution in [-0.4, -0.2) is 4.83 Å². The molecule has 1 aromatic rings. The third-order valence-electron chi connectivity index (χ3n) is 2.77. The first kappa shape index (κ1) is 13.6. The van der Waals surface area contributed by atoms with E-state index in [-0.39, 0.29) is 5.56 Å². The molecule has 3 heteroatoms. The monoisotopic (exact) mass is 290 g/mol. The first-order valence-corrected chi connectivity index (χ1v) is 6.42. The first-order chi connectivity index (χ1) is 7.43. The van der Waals surface area contributed by atoms with Crippen molar-refractivity contribution in [2.24, 2.45) is 5.92 Å². The molecule has 0 N–H and O–H groups in total. The average molecular weight is 291 g/mol. The summed E-state index contributed by atoms with van der Waals surface area (Å²) in [7, 11) is 0. The van der Waals surface area contributed by atoms with Crippen LogP contribution in [0, 0.1) is 24.5 Å². The minimum absolute atomic E-state index is 0.213. The van der Waals surface area contributed by atoms with Gasteiger partial charge >= 0.3 is 0 Å². The number of benzene rings is 1. The van der Waals surface area contributed by atoms with Crippen LogP contribution in [-0.2, 0) is 6.42 Å². The standard InChI is InChI=1S/C13H17BrF2/c1-8(2)11(14)6-5-10-12(15)7-4-9(3)13(10)16/h4,7-8,11H,5-6H2,1-3H3. The van der Waals surface area contributed by atoms with Crippen molar-refractivity contribution >= 4 is 15.9 Å². The van der Waals surface area contributed by atoms with Crippen molar-refractivity contribution in [1.29, 1.82) is 0 Å². The van der Waals surface area contributed by atoms with Gasteiger partial charge in [0.25, 0.3) is 0 Å². The highest BCUT2D eigenvalue weighted by molar-refractivity contribution is 9.09. The Bertz CT molecular complexity index is 361. The first-order valence-electron chi connectivity index (χ1n) is 5.51. The van der Waals surface area contributed by atoms with Gasteiger partial charge in [0.1, 0.15) is 11.6 Å². The van der Waals surface area contributed by atoms with E-state index < -0.39 is 11.6 Å². The SMILES string of the molecule is Cc1ccc(F)c(CCC(Br)C(C)C)c1F. The lowest BCUT2D eigenvalue weighted by Gasteiger charge is -2.14. The molecule has 90 valence electrons. The molecule has 1 rings (SSSR count). The van der Waals surface area contributed by atoms with Gasteiger partial charge in [0.15, 0.2) is 0 Å². The Labute approximate surface area is 104 Å². The Morgan fingerprint density at radius 1 is 1.25 bits per heavy atom. The molecule has 0 nitrogen and oxygen atoms in total. The van der Waals surface area contributed by atoms with Gasteiger partial charge in [0.05, 0.1) is 0 Å². The molecule has 0 aliphatic carbocycles. The largest absolute Gasteiger partial charge is 0.207 e. The lowest BCUT2D eigenvalue weighted by Crippen LogP contribution is -2.10. The van der Waals surface area contributed by atoms with Crippen LogP contribution in [0.5, 0.6) is 0 Å². The molecular formula is C13H17BrF2. The van der Waals surface area contributed by atoms with Crippen molar-refractivity contribution in [3.8, 4) is 0 Å². The number of hydrogen-bond donors (Lipinski definition) is 0. The van der Waals surface area contributed by atoms with Crippen molar-refractivity contribution < 1.29 is 8.78 Å². The summed E-state index contributed by atoms with van der Waals surface area (Å²) in [5, 5.41) is 0. The lowest BCUT2D eigenvalue weighted by atomic mass is 10.0. The third kappa shape index (κ3) is 3.27. The van der Waals surface area contributed by atoms with E-state index in [0.717, 1.165) is 6.42 Å². The Balaban J connectivity index is 2.77. The van der Waals surface area contributed by atoms with Crippen molar-refractivity contribution in [2.45, 2.75) is 38.4 Å². The molecule has 0 bridgehead atoms. The summed E-state index contributed by atoms with van der Waals surface area (Å²) < 4.78 is 27.1. The maximum Gasteiger partial charge on any atom is 0.132 e. The number of alkyl halides is 1. The molecule has 0 amide bonds. The minimum atomic E-state index is -0.438. The second-order valence-corrected chi connectivity index (χ2v) is 5.63. The molecule has 16 heavy (non-hydrogen) atoms. The van der Waals surface area contributed by atoms with Gasteiger partial charge in [-0.15, -0.1) is 0 Å². The van der Waals surface area contributed by atoms with Gasteiger partial charge in [-0.2, -0.15) is 0 Å². The molecule has 0 aliphatic rings. The highest BCUT2D eigenvalue weighted by Gasteiger charge is 2.14. The Morgan fingerprint density at radius 3 is 2.44 bits per heavy atom. The number of rotatable bonds is 4. The summed E-state index contributed by atoms with van der Waals surface area (Å²) in [5.74, 6) is -0.369. The van der Waals surface area contributed by atoms with Crippen LogP contribution >= 0.6 is 15.9 Å². The van der Waals surface area contributed by atoms with Crippen molar-refractivity contribution in [3.63, 3.8) is 0 Å². The van der Waals surface area contributed by atoms with E-state index in [0.29, 0.717) is 22.7 Å². The van der Waals surface area contributed by atoms with Crippen LogP contribution in [0.4, 0.5) is 8.78 Å². The van der Waals surface area contributed by atoms with E-state index in [4.69, 9.17) is 0 Å². The minimum Gasteiger partial charge on any atom is -0.207 e. The highest BCUT2D eigenvalue weighted by atomic mass is 79.9. The zero-order valence-electron chi connectivity index (χ0n) is 9.86. The molecule has 1 aromatic carbocycles. The van der Waals surface area contributed by atoms with Gasteiger partial charge in [0.2, 0.25) is 0 Å². The van der Waals surface area contributed by atoms with E-state index in [1.807, 2.05) is 0 Å². The Morgan fingerprint density at radius 2 is 1.88 bits per heavy atom. The van der Waals surface area contributed by atoms with E-state index in [1.165, 1.54) is 12.1 Å². The van der Waals surface area contributed by atoms with E-state index in [9.17, 15) is 8.78 Å². The second-order valence-electron chi connectivity index (χ2n) is 4.46. The van der Waals surface area contributed by atoms with Crippen molar-refractivity contribution in [3.05, 3.63) is 34.9 Å². The molecule has 1 unspecified atom stereocenters. The van der Waals surface area contributed by atoms with Gasteiger partial charge in [-0.3, -0.25) is 0 Å². The maximum absolute atomic E-state index is 13.7. The Hall–Kier alpha value is -0.440. The Kier molecular flexibility index (Phi) is 4.90. The van der Waals surface area contributed by atoms with E-state index >= 15 is 0 Å². The zero-order valence-corrected chi connectivity index (χ0v) is 11.4. The quantitative estimate of drug-likeness (QED) is 0.710. The van der Waals surface area contributed by atoms with Crippen LogP contribution in [0.2, 0.25) is 0 Å². The van der Waals surface area contributed by atoms with E-state index in [2.05, 4.69) is 29.8 Å². The normalized spacial score (nSPS) is 13.2. The number of halogens is 3. The lowest BCUT2D eigenvalue weighted by molar-refractivity contribution is 0.526. The fourth-order valence-corrected chi connectivity index (χ4v) is 1.79. The molecule has 0 saturated heterocycles. The molecular weight excluding hydrogens is 274 g/mol. The van der Waals surface area contributed by atoms with E-state index in [1.54, 1.807) is 6.92 Å². The number of hydrogen-bond acceptors (Lipinski definition) is 0. The van der Waals surface area contributed by atoms with Crippen LogP contribution in [0.25, 0.3) is 0 Å². The van der Waals surface area contributed by atoms with Crippen LogP contribution in [0.3, 0.4) is 0 Å². The molecule has 0 aliphatic heterocycles. The second kappa shape index (κ2) is 5.76. The van der Waals surface area contributed by atoms with Gasteiger partial charge in [0, 0.05) is 10.4 Å².